The van der Waals surface area contributed by atoms with Gasteiger partial charge in [0.1, 0.15) is 5.69 Å². The summed E-state index contributed by atoms with van der Waals surface area (Å²) in [6.45, 7) is 0. The van der Waals surface area contributed by atoms with E-state index in [1.807, 2.05) is 24.3 Å². The molecule has 0 aliphatic carbocycles. The van der Waals surface area contributed by atoms with Crippen LogP contribution in [0.25, 0.3) is 0 Å². The molecule has 3 rings (SSSR count). The van der Waals surface area contributed by atoms with Crippen LogP contribution in [0, 0.1) is 0 Å². The van der Waals surface area contributed by atoms with Gasteiger partial charge in [-0.05, 0) is 29.8 Å². The number of aromatic nitrogens is 3. The Morgan fingerprint density at radius 1 is 1.04 bits per heavy atom. The molecule has 0 bridgehead atoms. The molecule has 1 aromatic heterocycles. The average molecular weight is 347 g/mol. The molecule has 0 unspecified atom stereocenters. The minimum Gasteiger partial charge on any atom is -0.324 e. The van der Waals surface area contributed by atoms with Crippen molar-refractivity contribution in [1.82, 2.24) is 15.2 Å². The van der Waals surface area contributed by atoms with Crippen molar-refractivity contribution in [2.24, 2.45) is 0 Å². The van der Waals surface area contributed by atoms with E-state index in [2.05, 4.69) is 20.5 Å². The van der Waals surface area contributed by atoms with Gasteiger partial charge in [0.15, 0.2) is 0 Å². The van der Waals surface area contributed by atoms with E-state index in [1.54, 1.807) is 24.3 Å². The number of nitrogens with zero attached hydrogens (tertiary/aromatic N) is 2. The van der Waals surface area contributed by atoms with Crippen molar-refractivity contribution in [2.45, 2.75) is 6.42 Å². The summed E-state index contributed by atoms with van der Waals surface area (Å²) in [4.78, 5) is 14.8. The fourth-order valence-electron chi connectivity index (χ4n) is 2.06. The van der Waals surface area contributed by atoms with Crippen molar-refractivity contribution in [3.63, 3.8) is 0 Å². The molecule has 0 saturated heterocycles. The quantitative estimate of drug-likeness (QED) is 0.753. The highest BCUT2D eigenvalue weighted by Gasteiger charge is 2.08. The van der Waals surface area contributed by atoms with Crippen LogP contribution >= 0.6 is 23.2 Å². The number of nitrogens with one attached hydrogen (secondary N) is 2. The van der Waals surface area contributed by atoms with Gasteiger partial charge >= 0.3 is 0 Å². The van der Waals surface area contributed by atoms with Gasteiger partial charge in [-0.25, -0.2) is 0 Å². The highest BCUT2D eigenvalue weighted by Crippen LogP contribution is 2.18. The third kappa shape index (κ3) is 3.88. The molecule has 0 saturated carbocycles. The normalized spacial score (nSPS) is 10.5. The van der Waals surface area contributed by atoms with Gasteiger partial charge < -0.3 is 5.32 Å². The van der Waals surface area contributed by atoms with Gasteiger partial charge in [0.05, 0.1) is 0 Å². The van der Waals surface area contributed by atoms with Crippen molar-refractivity contribution in [1.29, 1.82) is 0 Å². The van der Waals surface area contributed by atoms with E-state index in [0.29, 0.717) is 27.8 Å². The number of aromatic amines is 1. The van der Waals surface area contributed by atoms with Crippen molar-refractivity contribution in [2.75, 3.05) is 5.32 Å². The topological polar surface area (TPSA) is 70.7 Å². The van der Waals surface area contributed by atoms with Crippen molar-refractivity contribution in [3.05, 3.63) is 80.2 Å². The van der Waals surface area contributed by atoms with Gasteiger partial charge in [-0.2, -0.15) is 0 Å². The lowest BCUT2D eigenvalue weighted by Gasteiger charge is -2.06. The third-order valence-electron chi connectivity index (χ3n) is 3.17. The Balaban J connectivity index is 1.81. The first-order valence-electron chi connectivity index (χ1n) is 6.84. The molecule has 2 N–H and O–H groups in total. The molecule has 23 heavy (non-hydrogen) atoms. The number of benzene rings is 2. The maximum Gasteiger partial charge on any atom is 0.274 e. The summed E-state index contributed by atoms with van der Waals surface area (Å²) >= 11 is 12.0. The van der Waals surface area contributed by atoms with E-state index < -0.39 is 0 Å². The Morgan fingerprint density at radius 3 is 2.61 bits per heavy atom. The average Bonchev–Trinajstić information content (AvgIpc) is 2.52. The van der Waals surface area contributed by atoms with Crippen LogP contribution in [0.3, 0.4) is 0 Å². The SMILES string of the molecule is O=c1[nH]c(Nc2cccc(Cl)c2)nnc1Cc1ccccc1Cl. The van der Waals surface area contributed by atoms with Crippen molar-refractivity contribution in [3.8, 4) is 0 Å². The third-order valence-corrected chi connectivity index (χ3v) is 3.77. The molecule has 116 valence electrons. The summed E-state index contributed by atoms with van der Waals surface area (Å²) in [5.74, 6) is 0.250. The first-order chi connectivity index (χ1) is 11.1. The number of H-pyrrole nitrogens is 1. The molecule has 1 heterocycles. The first-order valence-corrected chi connectivity index (χ1v) is 7.59. The molecule has 0 radical (unpaired) electrons. The predicted molar refractivity (Wildman–Crippen MR) is 91.6 cm³/mol. The Labute approximate surface area is 142 Å². The van der Waals surface area contributed by atoms with E-state index in [1.165, 1.54) is 0 Å². The predicted octanol–water partition coefficient (Wildman–Crippen LogP) is 3.81. The van der Waals surface area contributed by atoms with E-state index in [0.717, 1.165) is 5.56 Å². The molecule has 5 nitrogen and oxygen atoms in total. The summed E-state index contributed by atoms with van der Waals surface area (Å²) < 4.78 is 0. The summed E-state index contributed by atoms with van der Waals surface area (Å²) in [6.07, 6.45) is 0.319. The zero-order chi connectivity index (χ0) is 16.2. The molecular weight excluding hydrogens is 335 g/mol. The van der Waals surface area contributed by atoms with Gasteiger partial charge in [-0.15, -0.1) is 10.2 Å². The summed E-state index contributed by atoms with van der Waals surface area (Å²) in [6, 6.07) is 14.4. The van der Waals surface area contributed by atoms with Gasteiger partial charge in [-0.1, -0.05) is 47.5 Å². The van der Waals surface area contributed by atoms with Crippen LogP contribution < -0.4 is 10.9 Å². The number of halogens is 2. The Kier molecular flexibility index (Phi) is 4.60. The Morgan fingerprint density at radius 2 is 1.87 bits per heavy atom. The lowest BCUT2D eigenvalue weighted by molar-refractivity contribution is 0.874. The van der Waals surface area contributed by atoms with Gasteiger partial charge in [0.25, 0.3) is 5.56 Å². The van der Waals surface area contributed by atoms with E-state index in [9.17, 15) is 4.79 Å². The van der Waals surface area contributed by atoms with Crippen LogP contribution in [-0.2, 0) is 6.42 Å². The minimum absolute atomic E-state index is 0.250. The number of anilines is 2. The van der Waals surface area contributed by atoms with E-state index in [4.69, 9.17) is 23.2 Å². The molecule has 0 spiro atoms. The first kappa shape index (κ1) is 15.5. The molecule has 0 aliphatic rings. The molecule has 0 aliphatic heterocycles. The van der Waals surface area contributed by atoms with Crippen molar-refractivity contribution < 1.29 is 0 Å². The zero-order valence-electron chi connectivity index (χ0n) is 11.9. The highest BCUT2D eigenvalue weighted by molar-refractivity contribution is 6.31. The van der Waals surface area contributed by atoms with Crippen molar-refractivity contribution >= 4 is 34.8 Å². The fraction of sp³-hybridized carbons (Fsp3) is 0.0625. The lowest BCUT2D eigenvalue weighted by atomic mass is 10.1. The molecular formula is C16H12Cl2N4O. The second kappa shape index (κ2) is 6.81. The van der Waals surface area contributed by atoms with Gasteiger partial charge in [0, 0.05) is 22.2 Å². The molecule has 3 aromatic rings. The molecule has 0 fully saturated rings. The van der Waals surface area contributed by atoms with Crippen LogP contribution in [0.1, 0.15) is 11.3 Å². The smallest absolute Gasteiger partial charge is 0.274 e. The van der Waals surface area contributed by atoms with Crippen LogP contribution in [0.5, 0.6) is 0 Å². The maximum atomic E-state index is 12.1. The lowest BCUT2D eigenvalue weighted by Crippen LogP contribution is -2.19. The Bertz CT molecular complexity index is 895. The number of rotatable bonds is 4. The van der Waals surface area contributed by atoms with Gasteiger partial charge in [-0.3, -0.25) is 9.78 Å². The van der Waals surface area contributed by atoms with Crippen LogP contribution in [0.4, 0.5) is 11.6 Å². The zero-order valence-corrected chi connectivity index (χ0v) is 13.4. The van der Waals surface area contributed by atoms with E-state index in [-0.39, 0.29) is 11.5 Å². The second-order valence-electron chi connectivity index (χ2n) is 4.85. The molecule has 0 atom stereocenters. The summed E-state index contributed by atoms with van der Waals surface area (Å²) in [5, 5.41) is 12.1. The van der Waals surface area contributed by atoms with E-state index >= 15 is 0 Å². The molecule has 7 heteroatoms. The maximum absolute atomic E-state index is 12.1. The molecule has 2 aromatic carbocycles. The highest BCUT2D eigenvalue weighted by atomic mass is 35.5. The standard InChI is InChI=1S/C16H12Cl2N4O/c17-11-5-3-6-12(9-11)19-16-20-15(23)14(21-22-16)8-10-4-1-2-7-13(10)18/h1-7,9H,8H2,(H2,19,20,22,23). The van der Waals surface area contributed by atoms with Crippen LogP contribution in [0.2, 0.25) is 10.0 Å². The second-order valence-corrected chi connectivity index (χ2v) is 5.70. The monoisotopic (exact) mass is 346 g/mol. The van der Waals surface area contributed by atoms with Gasteiger partial charge in [0.2, 0.25) is 5.95 Å². The largest absolute Gasteiger partial charge is 0.324 e. The summed E-state index contributed by atoms with van der Waals surface area (Å²) in [7, 11) is 0. The molecule has 0 amide bonds. The van der Waals surface area contributed by atoms with Crippen LogP contribution in [-0.4, -0.2) is 15.2 Å². The van der Waals surface area contributed by atoms with Crippen LogP contribution in [0.15, 0.2) is 53.3 Å². The number of hydrogen-bond acceptors (Lipinski definition) is 4. The number of hydrogen-bond donors (Lipinski definition) is 2. The summed E-state index contributed by atoms with van der Waals surface area (Å²) in [5.41, 5.74) is 1.52. The Hall–Kier alpha value is -2.37. The fourth-order valence-corrected chi connectivity index (χ4v) is 2.45. The minimum atomic E-state index is -0.315.